The molecule has 2 rings (SSSR count). The van der Waals surface area contributed by atoms with Crippen molar-refractivity contribution in [3.05, 3.63) is 39.6 Å². The summed E-state index contributed by atoms with van der Waals surface area (Å²) < 4.78 is 10.5. The van der Waals surface area contributed by atoms with Crippen molar-refractivity contribution in [2.24, 2.45) is 0 Å². The Kier molecular flexibility index (Phi) is 5.98. The predicted molar refractivity (Wildman–Crippen MR) is 95.5 cm³/mol. The minimum atomic E-state index is -0.202. The summed E-state index contributed by atoms with van der Waals surface area (Å²) in [6.45, 7) is 3.82. The first kappa shape index (κ1) is 18.0. The maximum absolute atomic E-state index is 12.1. The smallest absolute Gasteiger partial charge is 0.224 e. The molecule has 2 aromatic rings. The van der Waals surface area contributed by atoms with Crippen LogP contribution < -0.4 is 14.8 Å². The van der Waals surface area contributed by atoms with Crippen LogP contribution in [0.5, 0.6) is 11.5 Å². The van der Waals surface area contributed by atoms with Crippen molar-refractivity contribution in [1.29, 1.82) is 0 Å². The van der Waals surface area contributed by atoms with Gasteiger partial charge in [-0.2, -0.15) is 0 Å². The van der Waals surface area contributed by atoms with Crippen molar-refractivity contribution in [3.63, 3.8) is 0 Å². The minimum Gasteiger partial charge on any atom is -0.493 e. The lowest BCUT2D eigenvalue weighted by Crippen LogP contribution is -2.14. The third-order valence-corrected chi connectivity index (χ3v) is 4.64. The molecule has 1 N–H and O–H groups in total. The van der Waals surface area contributed by atoms with Crippen LogP contribution in [0.3, 0.4) is 0 Å². The van der Waals surface area contributed by atoms with E-state index in [4.69, 9.17) is 9.47 Å². The molecule has 1 amide bonds. The van der Waals surface area contributed by atoms with Gasteiger partial charge in [-0.05, 0) is 37.6 Å². The number of methoxy groups -OCH3 is 2. The molecule has 1 aromatic heterocycles. The van der Waals surface area contributed by atoms with Crippen molar-refractivity contribution in [2.75, 3.05) is 19.5 Å². The topological polar surface area (TPSA) is 64.6 Å². The lowest BCUT2D eigenvalue weighted by molar-refractivity contribution is -0.116. The van der Waals surface area contributed by atoms with Crippen LogP contribution in [0.4, 0.5) is 5.69 Å². The Labute approximate surface area is 145 Å². The Bertz CT molecular complexity index is 751. The standard InChI is InChI=1S/C18H21NO4S/c1-11-9-15(22-3)16(23-4)10-13(11)19-18(21)8-6-14(20)17-7-5-12(2)24-17/h5,7,9-10H,6,8H2,1-4H3,(H,19,21). The van der Waals surface area contributed by atoms with E-state index >= 15 is 0 Å². The Morgan fingerprint density at radius 3 is 2.29 bits per heavy atom. The first-order chi connectivity index (χ1) is 11.4. The normalized spacial score (nSPS) is 10.3. The number of thiophene rings is 1. The van der Waals surface area contributed by atoms with Crippen LogP contribution in [0.15, 0.2) is 24.3 Å². The van der Waals surface area contributed by atoms with Gasteiger partial charge in [0.2, 0.25) is 5.91 Å². The highest BCUT2D eigenvalue weighted by Crippen LogP contribution is 2.33. The summed E-state index contributed by atoms with van der Waals surface area (Å²) in [7, 11) is 3.11. The summed E-state index contributed by atoms with van der Waals surface area (Å²) in [5.74, 6) is 0.944. The van der Waals surface area contributed by atoms with Gasteiger partial charge in [-0.25, -0.2) is 0 Å². The van der Waals surface area contributed by atoms with Gasteiger partial charge in [0.15, 0.2) is 17.3 Å². The Morgan fingerprint density at radius 2 is 1.71 bits per heavy atom. The molecule has 0 bridgehead atoms. The zero-order chi connectivity index (χ0) is 17.7. The summed E-state index contributed by atoms with van der Waals surface area (Å²) in [4.78, 5) is 26.0. The number of ketones is 1. The molecule has 0 spiro atoms. The lowest BCUT2D eigenvalue weighted by Gasteiger charge is -2.13. The fourth-order valence-electron chi connectivity index (χ4n) is 2.26. The van der Waals surface area contributed by atoms with Gasteiger partial charge in [0.05, 0.1) is 19.1 Å². The average Bonchev–Trinajstić information content (AvgIpc) is 3.00. The summed E-state index contributed by atoms with van der Waals surface area (Å²) >= 11 is 1.45. The molecule has 0 saturated carbocycles. The van der Waals surface area contributed by atoms with E-state index in [0.29, 0.717) is 22.1 Å². The highest BCUT2D eigenvalue weighted by atomic mass is 32.1. The van der Waals surface area contributed by atoms with Crippen LogP contribution in [0.2, 0.25) is 0 Å². The summed E-state index contributed by atoms with van der Waals surface area (Å²) in [5, 5.41) is 2.82. The average molecular weight is 347 g/mol. The molecule has 1 heterocycles. The zero-order valence-electron chi connectivity index (χ0n) is 14.3. The number of benzene rings is 1. The number of hydrogen-bond donors (Lipinski definition) is 1. The molecule has 0 radical (unpaired) electrons. The van der Waals surface area contributed by atoms with Crippen molar-refractivity contribution in [2.45, 2.75) is 26.7 Å². The van der Waals surface area contributed by atoms with E-state index in [0.717, 1.165) is 10.4 Å². The summed E-state index contributed by atoms with van der Waals surface area (Å²) in [6, 6.07) is 7.23. The maximum atomic E-state index is 12.1. The number of Topliss-reactive ketones (excluding diaryl/α,β-unsaturated/α-hetero) is 1. The third kappa shape index (κ3) is 4.35. The molecule has 0 saturated heterocycles. The van der Waals surface area contributed by atoms with Gasteiger partial charge in [-0.15, -0.1) is 11.3 Å². The molecule has 5 nitrogen and oxygen atoms in total. The number of rotatable bonds is 7. The van der Waals surface area contributed by atoms with E-state index in [2.05, 4.69) is 5.32 Å². The number of nitrogens with one attached hydrogen (secondary N) is 1. The highest BCUT2D eigenvalue weighted by molar-refractivity contribution is 7.14. The van der Waals surface area contributed by atoms with E-state index in [9.17, 15) is 9.59 Å². The Hall–Kier alpha value is -2.34. The van der Waals surface area contributed by atoms with Crippen LogP contribution >= 0.6 is 11.3 Å². The SMILES string of the molecule is COc1cc(C)c(NC(=O)CCC(=O)c2ccc(C)s2)cc1OC. The fraction of sp³-hybridized carbons (Fsp3) is 0.333. The molecule has 128 valence electrons. The second-order valence-electron chi connectivity index (χ2n) is 5.40. The largest absolute Gasteiger partial charge is 0.493 e. The molecule has 0 unspecified atom stereocenters. The van der Waals surface area contributed by atoms with Crippen LogP contribution in [0.1, 0.15) is 33.0 Å². The minimum absolute atomic E-state index is 0.00714. The molecule has 0 aliphatic rings. The molecule has 6 heteroatoms. The van der Waals surface area contributed by atoms with E-state index in [1.807, 2.05) is 19.9 Å². The lowest BCUT2D eigenvalue weighted by atomic mass is 10.1. The molecule has 24 heavy (non-hydrogen) atoms. The van der Waals surface area contributed by atoms with Crippen molar-refractivity contribution in [1.82, 2.24) is 0 Å². The van der Waals surface area contributed by atoms with Crippen LogP contribution in [-0.4, -0.2) is 25.9 Å². The van der Waals surface area contributed by atoms with Gasteiger partial charge in [0.25, 0.3) is 0 Å². The maximum Gasteiger partial charge on any atom is 0.224 e. The summed E-state index contributed by atoms with van der Waals surface area (Å²) in [6.07, 6.45) is 0.335. The van der Waals surface area contributed by atoms with Crippen molar-refractivity contribution < 1.29 is 19.1 Å². The number of carbonyl (C=O) groups excluding carboxylic acids is 2. The fourth-order valence-corrected chi connectivity index (χ4v) is 3.10. The summed E-state index contributed by atoms with van der Waals surface area (Å²) in [5.41, 5.74) is 1.51. The second kappa shape index (κ2) is 7.97. The first-order valence-electron chi connectivity index (χ1n) is 7.56. The van der Waals surface area contributed by atoms with E-state index in [1.54, 1.807) is 32.4 Å². The van der Waals surface area contributed by atoms with E-state index in [-0.39, 0.29) is 24.5 Å². The van der Waals surface area contributed by atoms with E-state index in [1.165, 1.54) is 11.3 Å². The van der Waals surface area contributed by atoms with Crippen molar-refractivity contribution in [3.8, 4) is 11.5 Å². The zero-order valence-corrected chi connectivity index (χ0v) is 15.1. The van der Waals surface area contributed by atoms with Crippen LogP contribution in [0, 0.1) is 13.8 Å². The quantitative estimate of drug-likeness (QED) is 0.769. The van der Waals surface area contributed by atoms with Gasteiger partial charge in [0.1, 0.15) is 0 Å². The number of anilines is 1. The van der Waals surface area contributed by atoms with Gasteiger partial charge < -0.3 is 14.8 Å². The van der Waals surface area contributed by atoms with Gasteiger partial charge >= 0.3 is 0 Å². The number of hydrogen-bond acceptors (Lipinski definition) is 5. The highest BCUT2D eigenvalue weighted by Gasteiger charge is 2.14. The van der Waals surface area contributed by atoms with Gasteiger partial charge in [-0.1, -0.05) is 0 Å². The molecular formula is C18H21NO4S. The van der Waals surface area contributed by atoms with Gasteiger partial charge in [0, 0.05) is 29.5 Å². The molecule has 0 aliphatic heterocycles. The monoisotopic (exact) mass is 347 g/mol. The van der Waals surface area contributed by atoms with Crippen LogP contribution in [0.25, 0.3) is 0 Å². The van der Waals surface area contributed by atoms with E-state index < -0.39 is 0 Å². The Morgan fingerprint density at radius 1 is 1.04 bits per heavy atom. The van der Waals surface area contributed by atoms with Crippen molar-refractivity contribution >= 4 is 28.7 Å². The molecule has 0 atom stereocenters. The predicted octanol–water partition coefficient (Wildman–Crippen LogP) is 3.98. The number of amides is 1. The van der Waals surface area contributed by atoms with Gasteiger partial charge in [-0.3, -0.25) is 9.59 Å². The molecule has 1 aromatic carbocycles. The number of aryl methyl sites for hydroxylation is 2. The molecular weight excluding hydrogens is 326 g/mol. The second-order valence-corrected chi connectivity index (χ2v) is 6.69. The Balaban J connectivity index is 1.98. The molecule has 0 aliphatic carbocycles. The number of ether oxygens (including phenoxy) is 2. The third-order valence-electron chi connectivity index (χ3n) is 3.60. The first-order valence-corrected chi connectivity index (χ1v) is 8.38. The number of carbonyl (C=O) groups is 2. The van der Waals surface area contributed by atoms with Crippen LogP contribution in [-0.2, 0) is 4.79 Å². The molecule has 0 fully saturated rings.